The molecule has 0 saturated carbocycles. The lowest BCUT2D eigenvalue weighted by Gasteiger charge is -2.03. The summed E-state index contributed by atoms with van der Waals surface area (Å²) in [6.07, 6.45) is 5.58. The van der Waals surface area contributed by atoms with Gasteiger partial charge in [-0.3, -0.25) is 0 Å². The largest absolute Gasteiger partial charge is 0.381 e. The highest BCUT2D eigenvalue weighted by Gasteiger charge is 1.90. The highest BCUT2D eigenvalue weighted by atomic mass is 16.6. The van der Waals surface area contributed by atoms with E-state index in [1.807, 2.05) is 0 Å². The number of aliphatic hydroxyl groups excluding tert-OH is 1. The van der Waals surface area contributed by atoms with Gasteiger partial charge in [-0.2, -0.15) is 0 Å². The lowest BCUT2D eigenvalue weighted by molar-refractivity contribution is -0.00335. The molecular formula is C14H38O3. The molecule has 0 amide bonds. The molecule has 3 heteroatoms. The van der Waals surface area contributed by atoms with Gasteiger partial charge in [0.25, 0.3) is 0 Å². The van der Waals surface area contributed by atoms with Crippen molar-refractivity contribution in [1.82, 2.24) is 0 Å². The van der Waals surface area contributed by atoms with Crippen LogP contribution >= 0.6 is 0 Å². The van der Waals surface area contributed by atoms with Crippen LogP contribution in [0.4, 0.5) is 0 Å². The molecule has 0 spiro atoms. The van der Waals surface area contributed by atoms with Crippen LogP contribution in [0.5, 0.6) is 0 Å². The maximum atomic E-state index is 8.32. The van der Waals surface area contributed by atoms with Crippen LogP contribution in [0, 0.1) is 0 Å². The third-order valence-corrected chi connectivity index (χ3v) is 1.81. The third kappa shape index (κ3) is 31.3. The second kappa shape index (κ2) is 29.7. The molecule has 0 aliphatic carbocycles. The van der Waals surface area contributed by atoms with Gasteiger partial charge in [-0.05, 0) is 25.7 Å². The molecule has 0 fully saturated rings. The van der Waals surface area contributed by atoms with E-state index in [0.717, 1.165) is 38.9 Å². The Labute approximate surface area is 111 Å². The molecule has 0 unspecified atom stereocenters. The van der Waals surface area contributed by atoms with E-state index in [1.165, 1.54) is 6.42 Å². The van der Waals surface area contributed by atoms with Crippen molar-refractivity contribution in [1.29, 1.82) is 0 Å². The van der Waals surface area contributed by atoms with Gasteiger partial charge >= 0.3 is 0 Å². The van der Waals surface area contributed by atoms with E-state index in [4.69, 9.17) is 14.6 Å². The van der Waals surface area contributed by atoms with Crippen LogP contribution in [0.25, 0.3) is 0 Å². The average molecular weight is 254 g/mol. The number of hydrogen-bond acceptors (Lipinski definition) is 3. The van der Waals surface area contributed by atoms with Crippen LogP contribution in [-0.4, -0.2) is 31.7 Å². The molecule has 0 heterocycles. The topological polar surface area (TPSA) is 38.7 Å². The lowest BCUT2D eigenvalue weighted by Crippen LogP contribution is -1.99. The molecule has 0 rings (SSSR count). The molecule has 17 heavy (non-hydrogen) atoms. The molecule has 1 N–H and O–H groups in total. The van der Waals surface area contributed by atoms with Crippen LogP contribution in [0.2, 0.25) is 0 Å². The lowest BCUT2D eigenvalue weighted by atomic mass is 10.2. The molecule has 0 aliphatic rings. The normalized spacial score (nSPS) is 8.12. The number of hydrogen-bond donors (Lipinski definition) is 1. The van der Waals surface area contributed by atoms with Gasteiger partial charge in [-0.15, -0.1) is 0 Å². The Hall–Kier alpha value is -0.120. The molecule has 0 aromatic rings. The van der Waals surface area contributed by atoms with Crippen LogP contribution in [0.3, 0.4) is 0 Å². The summed E-state index contributed by atoms with van der Waals surface area (Å²) >= 11 is 0. The molecule has 3 nitrogen and oxygen atoms in total. The summed E-state index contributed by atoms with van der Waals surface area (Å²) in [5, 5.41) is 8.32. The fraction of sp³-hybridized carbons (Fsp3) is 1.00. The monoisotopic (exact) mass is 254 g/mol. The summed E-state index contributed by atoms with van der Waals surface area (Å²) in [7, 11) is 0. The van der Waals surface area contributed by atoms with Gasteiger partial charge in [0.2, 0.25) is 0 Å². The van der Waals surface area contributed by atoms with Crippen molar-refractivity contribution in [3.63, 3.8) is 0 Å². The minimum atomic E-state index is -0.160. The average Bonchev–Trinajstić information content (AvgIpc) is 2.16. The fourth-order valence-electron chi connectivity index (χ4n) is 0.998. The first-order chi connectivity index (χ1) is 6.41. The molecule has 0 bridgehead atoms. The van der Waals surface area contributed by atoms with Gasteiger partial charge in [0.1, 0.15) is 6.79 Å². The van der Waals surface area contributed by atoms with Crippen molar-refractivity contribution in [3.8, 4) is 0 Å². The molecule has 0 aromatic carbocycles. The Bertz CT molecular complexity index is 77.5. The van der Waals surface area contributed by atoms with Crippen molar-refractivity contribution in [2.45, 2.75) is 68.7 Å². The minimum absolute atomic E-state index is 0. The summed E-state index contributed by atoms with van der Waals surface area (Å²) in [4.78, 5) is 0. The molecular weight excluding hydrogens is 216 g/mol. The highest BCUT2D eigenvalue weighted by Crippen LogP contribution is 1.97. The maximum Gasteiger partial charge on any atom is 0.143 e. The first-order valence-electron chi connectivity index (χ1n) is 5.18. The van der Waals surface area contributed by atoms with E-state index in [9.17, 15) is 0 Å². The first kappa shape index (κ1) is 30.2. The molecule has 0 aliphatic heterocycles. The predicted molar refractivity (Wildman–Crippen MR) is 79.5 cm³/mol. The van der Waals surface area contributed by atoms with E-state index in [0.29, 0.717) is 6.61 Å². The van der Waals surface area contributed by atoms with Crippen molar-refractivity contribution < 1.29 is 14.6 Å². The summed E-state index contributed by atoms with van der Waals surface area (Å²) < 4.78 is 10.2. The van der Waals surface area contributed by atoms with Crippen LogP contribution in [0.1, 0.15) is 68.7 Å². The van der Waals surface area contributed by atoms with E-state index in [2.05, 4.69) is 6.92 Å². The Balaban J connectivity index is -0.000000120. The number of aliphatic hydroxyl groups is 1. The molecule has 112 valence electrons. The zero-order chi connectivity index (χ0) is 9.78. The van der Waals surface area contributed by atoms with Gasteiger partial charge in [0.15, 0.2) is 0 Å². The Morgan fingerprint density at radius 1 is 0.706 bits per heavy atom. The molecule has 0 radical (unpaired) electrons. The standard InChI is InChI=1S/C10H22O3.4CH4/c1-2-3-7-12-8-5-4-6-9-13-10-11;;;;/h11H,2-10H2,1H3;4*1H4. The van der Waals surface area contributed by atoms with Crippen molar-refractivity contribution in [2.24, 2.45) is 0 Å². The molecule has 0 saturated heterocycles. The van der Waals surface area contributed by atoms with Crippen molar-refractivity contribution in [3.05, 3.63) is 0 Å². The second-order valence-electron chi connectivity index (χ2n) is 3.06. The van der Waals surface area contributed by atoms with Crippen molar-refractivity contribution >= 4 is 0 Å². The SMILES string of the molecule is C.C.C.C.CCCCOCCCCCOCO. The fourth-order valence-corrected chi connectivity index (χ4v) is 0.998. The summed E-state index contributed by atoms with van der Waals surface area (Å²) in [6, 6.07) is 0. The maximum absolute atomic E-state index is 8.32. The first-order valence-corrected chi connectivity index (χ1v) is 5.18. The van der Waals surface area contributed by atoms with Crippen LogP contribution in [-0.2, 0) is 9.47 Å². The quantitative estimate of drug-likeness (QED) is 0.461. The summed E-state index contributed by atoms with van der Waals surface area (Å²) in [6.45, 7) is 4.41. The molecule has 0 atom stereocenters. The minimum Gasteiger partial charge on any atom is -0.381 e. The predicted octanol–water partition coefficient (Wildman–Crippen LogP) is 4.48. The summed E-state index contributed by atoms with van der Waals surface area (Å²) in [5.74, 6) is 0. The number of ether oxygens (including phenoxy) is 2. The highest BCUT2D eigenvalue weighted by molar-refractivity contribution is 4.40. The van der Waals surface area contributed by atoms with E-state index in [-0.39, 0.29) is 36.5 Å². The number of rotatable bonds is 10. The Morgan fingerprint density at radius 3 is 1.65 bits per heavy atom. The summed E-state index contributed by atoms with van der Waals surface area (Å²) in [5.41, 5.74) is 0. The smallest absolute Gasteiger partial charge is 0.143 e. The number of unbranched alkanes of at least 4 members (excludes halogenated alkanes) is 3. The second-order valence-corrected chi connectivity index (χ2v) is 3.06. The zero-order valence-electron chi connectivity index (χ0n) is 8.63. The van der Waals surface area contributed by atoms with E-state index < -0.39 is 0 Å². The third-order valence-electron chi connectivity index (χ3n) is 1.81. The van der Waals surface area contributed by atoms with Crippen LogP contribution in [0.15, 0.2) is 0 Å². The van der Waals surface area contributed by atoms with E-state index >= 15 is 0 Å². The molecule has 0 aromatic heterocycles. The zero-order valence-corrected chi connectivity index (χ0v) is 8.63. The van der Waals surface area contributed by atoms with Crippen molar-refractivity contribution in [2.75, 3.05) is 26.6 Å². The van der Waals surface area contributed by atoms with Gasteiger partial charge in [-0.25, -0.2) is 0 Å². The Kier molecular flexibility index (Phi) is 52.7. The van der Waals surface area contributed by atoms with Gasteiger partial charge < -0.3 is 14.6 Å². The Morgan fingerprint density at radius 2 is 1.18 bits per heavy atom. The van der Waals surface area contributed by atoms with Gasteiger partial charge in [0.05, 0.1) is 0 Å². The van der Waals surface area contributed by atoms with Gasteiger partial charge in [0, 0.05) is 19.8 Å². The van der Waals surface area contributed by atoms with E-state index in [1.54, 1.807) is 0 Å². The van der Waals surface area contributed by atoms with Crippen LogP contribution < -0.4 is 0 Å². The van der Waals surface area contributed by atoms with Gasteiger partial charge in [-0.1, -0.05) is 43.1 Å².